The molecule has 39 heavy (non-hydrogen) atoms. The van der Waals surface area contributed by atoms with Crippen LogP contribution in [0, 0.1) is 5.92 Å². The molecule has 0 spiro atoms. The van der Waals surface area contributed by atoms with Crippen LogP contribution in [0.1, 0.15) is 17.5 Å². The van der Waals surface area contributed by atoms with Gasteiger partial charge in [-0.15, -0.1) is 5.06 Å². The average Bonchev–Trinajstić information content (AvgIpc) is 3.55. The van der Waals surface area contributed by atoms with Crippen molar-refractivity contribution in [3.8, 4) is 0 Å². The second kappa shape index (κ2) is 9.29. The molecule has 5 rings (SSSR count). The lowest BCUT2D eigenvalue weighted by Crippen LogP contribution is -2.58. The summed E-state index contributed by atoms with van der Waals surface area (Å²) >= 11 is 0. The molecule has 1 N–H and O–H groups in total. The minimum absolute atomic E-state index is 0.0981. The molecule has 10 nitrogen and oxygen atoms in total. The lowest BCUT2D eigenvalue weighted by Gasteiger charge is -2.39. The van der Waals surface area contributed by atoms with Gasteiger partial charge >= 0.3 is 24.0 Å². The van der Waals surface area contributed by atoms with E-state index in [1.54, 1.807) is 4.90 Å². The van der Waals surface area contributed by atoms with E-state index in [4.69, 9.17) is 4.84 Å². The second-order valence-corrected chi connectivity index (χ2v) is 9.76. The van der Waals surface area contributed by atoms with Gasteiger partial charge in [0.15, 0.2) is 17.8 Å². The van der Waals surface area contributed by atoms with E-state index >= 15 is 0 Å². The molecule has 16 heteroatoms. The number of nitrogens with zero attached hydrogens (tertiary/aromatic N) is 5. The van der Waals surface area contributed by atoms with Crippen LogP contribution in [0.2, 0.25) is 0 Å². The maximum Gasteiger partial charge on any atom is 0.493 e. The fraction of sp³-hybridized carbons (Fsp3) is 0.522. The molecule has 2 fully saturated rings. The molecule has 0 saturated carbocycles. The first-order valence-electron chi connectivity index (χ1n) is 12.0. The van der Waals surface area contributed by atoms with E-state index in [-0.39, 0.29) is 29.8 Å². The van der Waals surface area contributed by atoms with E-state index in [2.05, 4.69) is 5.32 Å². The lowest BCUT2D eigenvalue weighted by molar-refractivity contribution is -0.203. The Bertz CT molecular complexity index is 1420. The number of aromatic nitrogens is 2. The zero-order valence-electron chi connectivity index (χ0n) is 20.7. The quantitative estimate of drug-likeness (QED) is 0.562. The van der Waals surface area contributed by atoms with E-state index in [0.29, 0.717) is 31.1 Å². The number of fused-ring (bicyclic) bond motifs is 2. The van der Waals surface area contributed by atoms with Gasteiger partial charge in [0.25, 0.3) is 5.56 Å². The number of carbonyl (C=O) groups excluding carboxylic acids is 1. The molecular formula is C23H24F6N6O4. The van der Waals surface area contributed by atoms with Gasteiger partial charge in [0.05, 0.1) is 5.56 Å². The van der Waals surface area contributed by atoms with Gasteiger partial charge in [-0.05, 0) is 36.6 Å². The van der Waals surface area contributed by atoms with Crippen LogP contribution in [0.5, 0.6) is 0 Å². The summed E-state index contributed by atoms with van der Waals surface area (Å²) in [6, 6.07) is 4.07. The molecule has 2 saturated heterocycles. The molecule has 212 valence electrons. The Morgan fingerprint density at radius 1 is 1.08 bits per heavy atom. The molecule has 3 aliphatic rings. The zero-order chi connectivity index (χ0) is 28.4. The van der Waals surface area contributed by atoms with Crippen molar-refractivity contribution in [1.82, 2.24) is 19.4 Å². The number of anilines is 2. The number of alkyl halides is 6. The van der Waals surface area contributed by atoms with Crippen molar-refractivity contribution in [1.29, 1.82) is 0 Å². The monoisotopic (exact) mass is 562 g/mol. The molecule has 4 heterocycles. The molecule has 0 aliphatic carbocycles. The fourth-order valence-corrected chi connectivity index (χ4v) is 5.59. The Kier molecular flexibility index (Phi) is 6.44. The van der Waals surface area contributed by atoms with Crippen molar-refractivity contribution in [2.24, 2.45) is 20.0 Å². The van der Waals surface area contributed by atoms with Gasteiger partial charge < -0.3 is 15.1 Å². The number of hydroxylamine groups is 1. The molecule has 2 aromatic rings. The molecule has 3 unspecified atom stereocenters. The van der Waals surface area contributed by atoms with E-state index < -0.39 is 47.2 Å². The summed E-state index contributed by atoms with van der Waals surface area (Å²) in [6.07, 6.45) is -10.8. The molecule has 0 radical (unpaired) electrons. The highest BCUT2D eigenvalue weighted by Gasteiger charge is 2.54. The minimum atomic E-state index is -5.40. The Hall–Kier alpha value is -3.53. The van der Waals surface area contributed by atoms with Gasteiger partial charge in [-0.25, -0.2) is 9.59 Å². The maximum atomic E-state index is 13.4. The number of hydrogen-bond acceptors (Lipinski definition) is 8. The Balaban J connectivity index is 1.69. The number of halogens is 6. The van der Waals surface area contributed by atoms with Crippen LogP contribution in [-0.2, 0) is 36.4 Å². The smallest absolute Gasteiger partial charge is 0.327 e. The molecule has 1 aromatic heterocycles. The van der Waals surface area contributed by atoms with Gasteiger partial charge in [0.2, 0.25) is 0 Å². The largest absolute Gasteiger partial charge is 0.493 e. The first-order valence-corrected chi connectivity index (χ1v) is 12.0. The van der Waals surface area contributed by atoms with E-state index in [0.717, 1.165) is 21.3 Å². The third kappa shape index (κ3) is 4.54. The number of nitrogens with one attached hydrogen (secondary N) is 1. The Morgan fingerprint density at radius 2 is 1.79 bits per heavy atom. The van der Waals surface area contributed by atoms with Crippen LogP contribution in [0.4, 0.5) is 37.8 Å². The van der Waals surface area contributed by atoms with Crippen LogP contribution in [0.25, 0.3) is 0 Å². The highest BCUT2D eigenvalue weighted by Crippen LogP contribution is 2.43. The van der Waals surface area contributed by atoms with Gasteiger partial charge in [0.1, 0.15) is 0 Å². The van der Waals surface area contributed by atoms with Crippen molar-refractivity contribution in [3.05, 3.63) is 56.2 Å². The molecule has 1 aromatic carbocycles. The average molecular weight is 562 g/mol. The molecule has 0 amide bonds. The highest BCUT2D eigenvalue weighted by atomic mass is 19.4. The number of carbonyl (C=O) groups is 1. The highest BCUT2D eigenvalue weighted by molar-refractivity contribution is 5.80. The minimum Gasteiger partial charge on any atom is -0.327 e. The third-order valence-electron chi connectivity index (χ3n) is 7.40. The van der Waals surface area contributed by atoms with Crippen LogP contribution < -0.4 is 26.5 Å². The van der Waals surface area contributed by atoms with Crippen molar-refractivity contribution >= 4 is 17.5 Å². The van der Waals surface area contributed by atoms with Crippen molar-refractivity contribution in [2.45, 2.75) is 37.6 Å². The predicted octanol–water partition coefficient (Wildman–Crippen LogP) is 1.53. The normalized spacial score (nSPS) is 23.3. The second-order valence-electron chi connectivity index (χ2n) is 9.76. The third-order valence-corrected chi connectivity index (χ3v) is 7.40. The van der Waals surface area contributed by atoms with Gasteiger partial charge in [-0.3, -0.25) is 18.8 Å². The summed E-state index contributed by atoms with van der Waals surface area (Å²) < 4.78 is 81.9. The van der Waals surface area contributed by atoms with Gasteiger partial charge in [-0.2, -0.15) is 26.3 Å². The standard InChI is InChI=1S/C23H24F6N6O4/c1-31-17-16(18(36)32(2)21(31)38)34(11-12-4-3-5-14(8-12)22(24,25)26)20(35(17)39-19(37)23(27,28)29)33-7-6-13-9-30-10-15(13)33/h3-5,8,13,15,20,30H,6-7,9-11H2,1-2H3. The number of likely N-dealkylation sites (tertiary alicyclic amines) is 1. The summed E-state index contributed by atoms with van der Waals surface area (Å²) in [7, 11) is 2.36. The van der Waals surface area contributed by atoms with Crippen molar-refractivity contribution < 1.29 is 36.0 Å². The van der Waals surface area contributed by atoms with Crippen molar-refractivity contribution in [2.75, 3.05) is 29.6 Å². The first-order chi connectivity index (χ1) is 18.2. The topological polar surface area (TPSA) is 92.1 Å². The summed E-state index contributed by atoms with van der Waals surface area (Å²) in [5.41, 5.74) is -2.94. The number of rotatable bonds is 4. The maximum absolute atomic E-state index is 13.4. The SMILES string of the molecule is Cn1c2c(c(=O)n(C)c1=O)N(Cc1cccc(C(F)(F)F)c1)C(N1CCC3CNCC31)N2OC(=O)C(F)(F)F. The molecule has 3 aliphatic heterocycles. The van der Waals surface area contributed by atoms with E-state index in [1.807, 2.05) is 0 Å². The Morgan fingerprint density at radius 3 is 2.46 bits per heavy atom. The fourth-order valence-electron chi connectivity index (χ4n) is 5.59. The first kappa shape index (κ1) is 27.1. The molecule has 3 atom stereocenters. The summed E-state index contributed by atoms with van der Waals surface area (Å²) in [4.78, 5) is 46.1. The molecular weight excluding hydrogens is 538 g/mol. The van der Waals surface area contributed by atoms with Crippen LogP contribution in [0.3, 0.4) is 0 Å². The Labute approximate surface area is 216 Å². The van der Waals surface area contributed by atoms with E-state index in [9.17, 15) is 40.7 Å². The van der Waals surface area contributed by atoms with E-state index in [1.165, 1.54) is 31.1 Å². The summed E-state index contributed by atoms with van der Waals surface area (Å²) in [5.74, 6) is -2.88. The number of hydrogen-bond donors (Lipinski definition) is 1. The van der Waals surface area contributed by atoms with Gasteiger partial charge in [-0.1, -0.05) is 12.1 Å². The van der Waals surface area contributed by atoms with Crippen LogP contribution in [0.15, 0.2) is 33.9 Å². The van der Waals surface area contributed by atoms with Gasteiger partial charge in [0, 0.05) is 39.8 Å². The summed E-state index contributed by atoms with van der Waals surface area (Å²) in [5, 5.41) is 3.78. The summed E-state index contributed by atoms with van der Waals surface area (Å²) in [6.45, 7) is 1.06. The van der Waals surface area contributed by atoms with Crippen LogP contribution >= 0.6 is 0 Å². The lowest BCUT2D eigenvalue weighted by atomic mass is 10.1. The molecule has 0 bridgehead atoms. The van der Waals surface area contributed by atoms with Crippen LogP contribution in [-0.4, -0.2) is 58.1 Å². The zero-order valence-corrected chi connectivity index (χ0v) is 20.7. The van der Waals surface area contributed by atoms with Crippen molar-refractivity contribution in [3.63, 3.8) is 0 Å². The predicted molar refractivity (Wildman–Crippen MR) is 124 cm³/mol. The number of benzene rings is 1.